The average Bonchev–Trinajstić information content (AvgIpc) is 3.12. The van der Waals surface area contributed by atoms with E-state index in [2.05, 4.69) is 21.8 Å². The smallest absolute Gasteiger partial charge is 0.273 e. The summed E-state index contributed by atoms with van der Waals surface area (Å²) in [4.78, 5) is 37.0. The second-order valence-electron chi connectivity index (χ2n) is 8.93. The number of fused-ring (bicyclic) bond motifs is 1. The van der Waals surface area contributed by atoms with Gasteiger partial charge < -0.3 is 16.4 Å². The van der Waals surface area contributed by atoms with Crippen LogP contribution in [0, 0.1) is 16.7 Å². The first-order chi connectivity index (χ1) is 16.0. The van der Waals surface area contributed by atoms with E-state index < -0.39 is 29.2 Å². The van der Waals surface area contributed by atoms with Crippen LogP contribution in [0.3, 0.4) is 0 Å². The molecule has 0 aliphatic rings. The van der Waals surface area contributed by atoms with Gasteiger partial charge in [-0.15, -0.1) is 0 Å². The van der Waals surface area contributed by atoms with E-state index in [1.807, 2.05) is 12.1 Å². The minimum atomic E-state index is -0.947. The number of carbonyl (C=O) groups excluding carboxylic acids is 3. The summed E-state index contributed by atoms with van der Waals surface area (Å²) >= 11 is 6.19. The summed E-state index contributed by atoms with van der Waals surface area (Å²) in [6.07, 6.45) is 0. The van der Waals surface area contributed by atoms with E-state index in [-0.39, 0.29) is 12.2 Å². The van der Waals surface area contributed by atoms with Crippen molar-refractivity contribution < 1.29 is 14.4 Å². The van der Waals surface area contributed by atoms with Crippen molar-refractivity contribution in [3.8, 4) is 6.07 Å². The van der Waals surface area contributed by atoms with Gasteiger partial charge in [0.2, 0.25) is 11.8 Å². The van der Waals surface area contributed by atoms with Crippen LogP contribution in [-0.2, 0) is 16.1 Å². The van der Waals surface area contributed by atoms with Gasteiger partial charge in [0.1, 0.15) is 6.04 Å². The van der Waals surface area contributed by atoms with Gasteiger partial charge in [-0.1, -0.05) is 44.5 Å². The standard InChI is InChI=1S/C24H25ClN6O3/c1-24(2,3)21(23(34)28-12-19(27)32)29-22(33)20-17-10-16(25)8-9-18(17)31(30-20)13-15-6-4-14(11-26)5-7-15/h4-10,21H,12-13H2,1-3H3,(H2,27,32)(H,28,34)(H,29,33). The molecule has 0 fully saturated rings. The maximum absolute atomic E-state index is 13.3. The summed E-state index contributed by atoms with van der Waals surface area (Å²) < 4.78 is 1.67. The Labute approximate surface area is 201 Å². The fourth-order valence-corrected chi connectivity index (χ4v) is 3.62. The second kappa shape index (κ2) is 9.93. The molecule has 1 atom stereocenters. The number of amides is 3. The van der Waals surface area contributed by atoms with E-state index in [0.29, 0.717) is 28.0 Å². The lowest BCUT2D eigenvalue weighted by Gasteiger charge is -2.30. The van der Waals surface area contributed by atoms with Gasteiger partial charge in [0.25, 0.3) is 5.91 Å². The largest absolute Gasteiger partial charge is 0.368 e. The van der Waals surface area contributed by atoms with Crippen molar-refractivity contribution in [2.24, 2.45) is 11.1 Å². The van der Waals surface area contributed by atoms with Gasteiger partial charge in [-0.25, -0.2) is 0 Å². The van der Waals surface area contributed by atoms with Crippen molar-refractivity contribution in [2.75, 3.05) is 6.54 Å². The topological polar surface area (TPSA) is 143 Å². The van der Waals surface area contributed by atoms with Crippen LogP contribution in [0.5, 0.6) is 0 Å². The van der Waals surface area contributed by atoms with Gasteiger partial charge in [0.05, 0.1) is 30.2 Å². The minimum Gasteiger partial charge on any atom is -0.368 e. The zero-order valence-corrected chi connectivity index (χ0v) is 19.8. The predicted octanol–water partition coefficient (Wildman–Crippen LogP) is 2.36. The van der Waals surface area contributed by atoms with Crippen LogP contribution in [-0.4, -0.2) is 40.1 Å². The summed E-state index contributed by atoms with van der Waals surface area (Å²) in [7, 11) is 0. The quantitative estimate of drug-likeness (QED) is 0.475. The van der Waals surface area contributed by atoms with Gasteiger partial charge >= 0.3 is 0 Å². The second-order valence-corrected chi connectivity index (χ2v) is 9.37. The number of hydrogen-bond donors (Lipinski definition) is 3. The molecular formula is C24H25ClN6O3. The molecule has 0 radical (unpaired) electrons. The van der Waals surface area contributed by atoms with Crippen LogP contribution in [0.2, 0.25) is 5.02 Å². The molecule has 0 saturated heterocycles. The molecule has 10 heteroatoms. The lowest BCUT2D eigenvalue weighted by molar-refractivity contribution is -0.128. The number of nitrogens with one attached hydrogen (secondary N) is 2. The van der Waals surface area contributed by atoms with Gasteiger partial charge in [0, 0.05) is 10.4 Å². The Balaban J connectivity index is 1.95. The molecule has 0 bridgehead atoms. The number of hydrogen-bond acceptors (Lipinski definition) is 5. The molecule has 3 rings (SSSR count). The highest BCUT2D eigenvalue weighted by Gasteiger charge is 2.34. The predicted molar refractivity (Wildman–Crippen MR) is 128 cm³/mol. The van der Waals surface area contributed by atoms with Crippen molar-refractivity contribution in [1.82, 2.24) is 20.4 Å². The highest BCUT2D eigenvalue weighted by Crippen LogP contribution is 2.25. The number of aromatic nitrogens is 2. The monoisotopic (exact) mass is 480 g/mol. The molecule has 0 aliphatic heterocycles. The van der Waals surface area contributed by atoms with Gasteiger partial charge in [-0.3, -0.25) is 19.1 Å². The first-order valence-corrected chi connectivity index (χ1v) is 10.9. The highest BCUT2D eigenvalue weighted by molar-refractivity contribution is 6.31. The Morgan fingerprint density at radius 1 is 1.18 bits per heavy atom. The highest BCUT2D eigenvalue weighted by atomic mass is 35.5. The van der Waals surface area contributed by atoms with Gasteiger partial charge in [-0.2, -0.15) is 10.4 Å². The van der Waals surface area contributed by atoms with E-state index in [9.17, 15) is 14.4 Å². The van der Waals surface area contributed by atoms with Crippen molar-refractivity contribution in [2.45, 2.75) is 33.4 Å². The Morgan fingerprint density at radius 3 is 2.44 bits per heavy atom. The maximum Gasteiger partial charge on any atom is 0.273 e. The van der Waals surface area contributed by atoms with Crippen molar-refractivity contribution in [1.29, 1.82) is 5.26 Å². The summed E-state index contributed by atoms with van der Waals surface area (Å²) in [6.45, 7) is 5.40. The van der Waals surface area contributed by atoms with Crippen molar-refractivity contribution in [3.05, 3.63) is 64.3 Å². The SMILES string of the molecule is CC(C)(C)C(NC(=O)c1nn(Cc2ccc(C#N)cc2)c2ccc(Cl)cc12)C(=O)NCC(N)=O. The molecule has 2 aromatic carbocycles. The number of carbonyl (C=O) groups is 3. The molecule has 3 amide bonds. The van der Waals surface area contributed by atoms with Crippen LogP contribution in [0.25, 0.3) is 10.9 Å². The molecule has 1 aromatic heterocycles. The zero-order chi connectivity index (χ0) is 25.0. The first kappa shape index (κ1) is 24.7. The zero-order valence-electron chi connectivity index (χ0n) is 19.1. The summed E-state index contributed by atoms with van der Waals surface area (Å²) in [5.41, 5.74) is 6.70. The molecule has 0 aliphatic carbocycles. The van der Waals surface area contributed by atoms with E-state index in [0.717, 1.165) is 5.56 Å². The lowest BCUT2D eigenvalue weighted by atomic mass is 9.86. The molecule has 4 N–H and O–H groups in total. The molecule has 0 spiro atoms. The Hall–Kier alpha value is -3.90. The number of nitrogens with two attached hydrogens (primary N) is 1. The molecule has 176 valence electrons. The minimum absolute atomic E-state index is 0.114. The third-order valence-corrected chi connectivity index (χ3v) is 5.42. The molecule has 1 heterocycles. The fourth-order valence-electron chi connectivity index (χ4n) is 3.45. The molecule has 34 heavy (non-hydrogen) atoms. The third kappa shape index (κ3) is 5.71. The van der Waals surface area contributed by atoms with Crippen LogP contribution in [0.15, 0.2) is 42.5 Å². The van der Waals surface area contributed by atoms with Gasteiger partial charge in [-0.05, 0) is 41.3 Å². The number of rotatable bonds is 7. The molecule has 0 saturated carbocycles. The van der Waals surface area contributed by atoms with Crippen LogP contribution in [0.4, 0.5) is 0 Å². The number of nitrogens with zero attached hydrogens (tertiary/aromatic N) is 3. The number of halogens is 1. The van der Waals surface area contributed by atoms with E-state index in [4.69, 9.17) is 22.6 Å². The molecular weight excluding hydrogens is 456 g/mol. The summed E-state index contributed by atoms with van der Waals surface area (Å²) in [5, 5.41) is 19.7. The molecule has 9 nitrogen and oxygen atoms in total. The number of primary amides is 1. The summed E-state index contributed by atoms with van der Waals surface area (Å²) in [6, 6.07) is 13.3. The first-order valence-electron chi connectivity index (χ1n) is 10.5. The van der Waals surface area contributed by atoms with Gasteiger partial charge in [0.15, 0.2) is 5.69 Å². The molecule has 1 unspecified atom stereocenters. The molecule has 3 aromatic rings. The number of nitriles is 1. The van der Waals surface area contributed by atoms with Crippen LogP contribution in [0.1, 0.15) is 42.4 Å². The Kier molecular flexibility index (Phi) is 7.23. The van der Waals surface area contributed by atoms with E-state index in [1.165, 1.54) is 0 Å². The van der Waals surface area contributed by atoms with Crippen molar-refractivity contribution >= 4 is 40.2 Å². The Morgan fingerprint density at radius 2 is 1.85 bits per heavy atom. The van der Waals surface area contributed by atoms with Crippen LogP contribution >= 0.6 is 11.6 Å². The third-order valence-electron chi connectivity index (χ3n) is 5.18. The fraction of sp³-hybridized carbons (Fsp3) is 0.292. The Bertz CT molecular complexity index is 1290. The maximum atomic E-state index is 13.3. The van der Waals surface area contributed by atoms with Crippen LogP contribution < -0.4 is 16.4 Å². The average molecular weight is 481 g/mol. The lowest BCUT2D eigenvalue weighted by Crippen LogP contribution is -2.54. The number of benzene rings is 2. The van der Waals surface area contributed by atoms with Crippen molar-refractivity contribution in [3.63, 3.8) is 0 Å². The summed E-state index contributed by atoms with van der Waals surface area (Å²) in [5.74, 6) is -1.77. The van der Waals surface area contributed by atoms with E-state index >= 15 is 0 Å². The normalized spacial score (nSPS) is 12.1. The van der Waals surface area contributed by atoms with E-state index in [1.54, 1.807) is 55.8 Å².